The molecule has 0 unspecified atom stereocenters. The summed E-state index contributed by atoms with van der Waals surface area (Å²) in [6.45, 7) is 2.37. The van der Waals surface area contributed by atoms with E-state index < -0.39 is 9.84 Å². The van der Waals surface area contributed by atoms with Crippen molar-refractivity contribution in [2.75, 3.05) is 6.26 Å². The van der Waals surface area contributed by atoms with E-state index in [1.165, 1.54) is 35.6 Å². The largest absolute Gasteiger partial charge is 0.482 e. The molecule has 1 aliphatic rings. The molecule has 0 spiro atoms. The van der Waals surface area contributed by atoms with Crippen LogP contribution in [-0.2, 0) is 36.1 Å². The topological polar surface area (TPSA) is 76.8 Å². The third-order valence-corrected chi connectivity index (χ3v) is 6.01. The molecule has 0 amide bonds. The van der Waals surface area contributed by atoms with Gasteiger partial charge in [-0.1, -0.05) is 36.4 Å². The summed E-state index contributed by atoms with van der Waals surface area (Å²) in [6, 6.07) is 16.1. The van der Waals surface area contributed by atoms with Crippen LogP contribution >= 0.6 is 0 Å². The van der Waals surface area contributed by atoms with Gasteiger partial charge in [0.1, 0.15) is 18.6 Å². The fraction of sp³-hybridized carbons (Fsp3) is 0.227. The molecule has 1 aromatic heterocycles. The summed E-state index contributed by atoms with van der Waals surface area (Å²) in [6.07, 6.45) is 2.50. The van der Waals surface area contributed by atoms with Gasteiger partial charge in [0.15, 0.2) is 9.84 Å². The van der Waals surface area contributed by atoms with Crippen molar-refractivity contribution in [3.63, 3.8) is 0 Å². The zero-order valence-corrected chi connectivity index (χ0v) is 16.8. The van der Waals surface area contributed by atoms with Crippen LogP contribution in [0.4, 0.5) is 0 Å². The minimum Gasteiger partial charge on any atom is -0.482 e. The van der Waals surface area contributed by atoms with Crippen molar-refractivity contribution in [3.05, 3.63) is 93.5 Å². The predicted molar refractivity (Wildman–Crippen MR) is 108 cm³/mol. The van der Waals surface area contributed by atoms with E-state index >= 15 is 0 Å². The molecule has 2 heterocycles. The lowest BCUT2D eigenvalue weighted by Gasteiger charge is -2.14. The van der Waals surface area contributed by atoms with Gasteiger partial charge in [-0.2, -0.15) is 0 Å². The van der Waals surface area contributed by atoms with E-state index in [1.54, 1.807) is 12.1 Å². The number of benzene rings is 2. The van der Waals surface area contributed by atoms with Crippen LogP contribution in [0.2, 0.25) is 0 Å². The van der Waals surface area contributed by atoms with Crippen LogP contribution in [0.25, 0.3) is 0 Å². The Balaban J connectivity index is 1.37. The highest BCUT2D eigenvalue weighted by atomic mass is 32.2. The maximum absolute atomic E-state index is 12.4. The summed E-state index contributed by atoms with van der Waals surface area (Å²) in [5.74, 6) is 0.721. The van der Waals surface area contributed by atoms with Gasteiger partial charge in [-0.3, -0.25) is 9.69 Å². The molecule has 2 aromatic carbocycles. The minimum atomic E-state index is -3.24. The standard InChI is InChI=1S/C22H21NO5S/c1-29(25,26)20-8-6-16(7-9-20)14-28-22-15-27-19(10-21(22)24)13-23-11-17-4-2-3-5-18(17)12-23/h2-10,15H,11-14H2,1H3. The second-order valence-corrected chi connectivity index (χ2v) is 9.21. The van der Waals surface area contributed by atoms with Gasteiger partial charge in [-0.05, 0) is 28.8 Å². The number of hydrogen-bond acceptors (Lipinski definition) is 6. The third-order valence-electron chi connectivity index (χ3n) is 4.88. The zero-order chi connectivity index (χ0) is 20.4. The summed E-state index contributed by atoms with van der Waals surface area (Å²) >= 11 is 0. The molecular formula is C22H21NO5S. The maximum atomic E-state index is 12.4. The third kappa shape index (κ3) is 4.58. The molecule has 0 fully saturated rings. The lowest BCUT2D eigenvalue weighted by molar-refractivity contribution is 0.241. The number of rotatable bonds is 6. The molecule has 0 saturated carbocycles. The van der Waals surface area contributed by atoms with Gasteiger partial charge in [0.25, 0.3) is 0 Å². The first-order valence-corrected chi connectivity index (χ1v) is 11.1. The Morgan fingerprint density at radius 1 is 1.03 bits per heavy atom. The van der Waals surface area contributed by atoms with E-state index in [0.29, 0.717) is 12.3 Å². The lowest BCUT2D eigenvalue weighted by atomic mass is 10.1. The lowest BCUT2D eigenvalue weighted by Crippen LogP contribution is -2.17. The van der Waals surface area contributed by atoms with Crippen LogP contribution in [0.5, 0.6) is 5.75 Å². The molecule has 4 rings (SSSR count). The SMILES string of the molecule is CS(=O)(=O)c1ccc(COc2coc(CN3Cc4ccccc4C3)cc2=O)cc1. The number of fused-ring (bicyclic) bond motifs is 1. The molecule has 29 heavy (non-hydrogen) atoms. The van der Waals surface area contributed by atoms with Gasteiger partial charge in [0.05, 0.1) is 11.4 Å². The van der Waals surface area contributed by atoms with E-state index in [-0.39, 0.29) is 22.7 Å². The second kappa shape index (κ2) is 7.85. The molecule has 0 radical (unpaired) electrons. The number of hydrogen-bond donors (Lipinski definition) is 0. The van der Waals surface area contributed by atoms with Crippen LogP contribution in [-0.4, -0.2) is 19.6 Å². The average molecular weight is 411 g/mol. The van der Waals surface area contributed by atoms with Crippen molar-refractivity contribution >= 4 is 9.84 Å². The van der Waals surface area contributed by atoms with Crippen LogP contribution in [0.3, 0.4) is 0 Å². The Kier molecular flexibility index (Phi) is 5.25. The van der Waals surface area contributed by atoms with Crippen LogP contribution in [0.1, 0.15) is 22.5 Å². The molecule has 1 aliphatic heterocycles. The van der Waals surface area contributed by atoms with Crippen molar-refractivity contribution in [3.8, 4) is 5.75 Å². The molecule has 0 saturated heterocycles. The van der Waals surface area contributed by atoms with Crippen molar-refractivity contribution in [1.82, 2.24) is 4.90 Å². The maximum Gasteiger partial charge on any atom is 0.227 e. The number of sulfone groups is 1. The molecule has 0 atom stereocenters. The van der Waals surface area contributed by atoms with E-state index in [0.717, 1.165) is 24.9 Å². The Hall–Kier alpha value is -2.90. The first-order valence-electron chi connectivity index (χ1n) is 9.21. The van der Waals surface area contributed by atoms with Gasteiger partial charge in [0.2, 0.25) is 11.2 Å². The number of ether oxygens (including phenoxy) is 1. The summed E-state index contributed by atoms with van der Waals surface area (Å²) in [4.78, 5) is 14.8. The fourth-order valence-corrected chi connectivity index (χ4v) is 3.99. The number of nitrogens with zero attached hydrogens (tertiary/aromatic N) is 1. The van der Waals surface area contributed by atoms with Crippen molar-refractivity contribution in [2.24, 2.45) is 0 Å². The Labute approximate surface area is 169 Å². The average Bonchev–Trinajstić information content (AvgIpc) is 3.09. The molecule has 0 bridgehead atoms. The van der Waals surface area contributed by atoms with Crippen molar-refractivity contribution in [2.45, 2.75) is 31.1 Å². The predicted octanol–water partition coefficient (Wildman–Crippen LogP) is 3.14. The van der Waals surface area contributed by atoms with Crippen molar-refractivity contribution in [1.29, 1.82) is 0 Å². The normalized spacial score (nSPS) is 14.0. The van der Waals surface area contributed by atoms with Crippen LogP contribution in [0.15, 0.2) is 75.0 Å². The Bertz CT molecular complexity index is 1160. The summed E-state index contributed by atoms with van der Waals surface area (Å²) in [7, 11) is -3.24. The van der Waals surface area contributed by atoms with Gasteiger partial charge in [-0.15, -0.1) is 0 Å². The van der Waals surface area contributed by atoms with Crippen molar-refractivity contribution < 1.29 is 17.6 Å². The zero-order valence-electron chi connectivity index (χ0n) is 16.0. The molecule has 150 valence electrons. The Morgan fingerprint density at radius 3 is 2.28 bits per heavy atom. The molecule has 0 aliphatic carbocycles. The van der Waals surface area contributed by atoms with Gasteiger partial charge in [-0.25, -0.2) is 8.42 Å². The molecule has 0 N–H and O–H groups in total. The van der Waals surface area contributed by atoms with E-state index in [2.05, 4.69) is 17.0 Å². The summed E-state index contributed by atoms with van der Waals surface area (Å²) < 4.78 is 34.2. The smallest absolute Gasteiger partial charge is 0.227 e. The van der Waals surface area contributed by atoms with Gasteiger partial charge in [0, 0.05) is 25.4 Å². The van der Waals surface area contributed by atoms with Gasteiger partial charge >= 0.3 is 0 Å². The molecular weight excluding hydrogens is 390 g/mol. The quantitative estimate of drug-likeness (QED) is 0.620. The van der Waals surface area contributed by atoms with Gasteiger partial charge < -0.3 is 9.15 Å². The van der Waals surface area contributed by atoms with Crippen LogP contribution < -0.4 is 10.2 Å². The first-order chi connectivity index (χ1) is 13.9. The monoisotopic (exact) mass is 411 g/mol. The molecule has 7 heteroatoms. The van der Waals surface area contributed by atoms with Crippen LogP contribution in [0, 0.1) is 0 Å². The summed E-state index contributed by atoms with van der Waals surface area (Å²) in [5.41, 5.74) is 3.12. The summed E-state index contributed by atoms with van der Waals surface area (Å²) in [5, 5.41) is 0. The highest BCUT2D eigenvalue weighted by Crippen LogP contribution is 2.24. The molecule has 3 aromatic rings. The second-order valence-electron chi connectivity index (χ2n) is 7.19. The van der Waals surface area contributed by atoms with E-state index in [9.17, 15) is 13.2 Å². The Morgan fingerprint density at radius 2 is 1.69 bits per heavy atom. The minimum absolute atomic E-state index is 0.130. The molecule has 6 nitrogen and oxygen atoms in total. The highest BCUT2D eigenvalue weighted by Gasteiger charge is 2.19. The first kappa shape index (κ1) is 19.4. The fourth-order valence-electron chi connectivity index (χ4n) is 3.36. The van der Waals surface area contributed by atoms with E-state index in [4.69, 9.17) is 9.15 Å². The highest BCUT2D eigenvalue weighted by molar-refractivity contribution is 7.90. The van der Waals surface area contributed by atoms with E-state index in [1.807, 2.05) is 12.1 Å².